The summed E-state index contributed by atoms with van der Waals surface area (Å²) in [6.07, 6.45) is 19.2. The molecule has 0 radical (unpaired) electrons. The van der Waals surface area contributed by atoms with Crippen LogP contribution in [0.2, 0.25) is 0 Å². The first-order chi connectivity index (χ1) is 7.45. The highest BCUT2D eigenvalue weighted by Gasteiger charge is 2.16. The molecule has 0 heteroatoms. The molecule has 0 unspecified atom stereocenters. The van der Waals surface area contributed by atoms with E-state index in [0.717, 1.165) is 0 Å². The zero-order valence-corrected chi connectivity index (χ0v) is 9.13. The van der Waals surface area contributed by atoms with Crippen molar-refractivity contribution in [1.82, 2.24) is 0 Å². The normalized spacial score (nSPS) is 25.1. The molecule has 0 aromatic carbocycles. The van der Waals surface area contributed by atoms with Gasteiger partial charge in [-0.1, -0.05) is 35.5 Å². The van der Waals surface area contributed by atoms with Crippen molar-refractivity contribution in [2.24, 2.45) is 0 Å². The van der Waals surface area contributed by atoms with Gasteiger partial charge in [0.05, 0.1) is 0 Å². The molecule has 0 fully saturated rings. The molecule has 3 rings (SSSR count). The summed E-state index contributed by atoms with van der Waals surface area (Å²) in [7, 11) is 0. The van der Waals surface area contributed by atoms with Crippen molar-refractivity contribution in [2.45, 2.75) is 38.5 Å². The molecule has 0 saturated heterocycles. The van der Waals surface area contributed by atoms with Gasteiger partial charge in [0, 0.05) is 0 Å². The van der Waals surface area contributed by atoms with Crippen LogP contribution in [-0.4, -0.2) is 0 Å². The molecule has 0 bridgehead atoms. The van der Waals surface area contributed by atoms with E-state index < -0.39 is 0 Å². The third-order valence-corrected chi connectivity index (χ3v) is 3.63. The van der Waals surface area contributed by atoms with Crippen LogP contribution in [0.25, 0.3) is 0 Å². The number of rotatable bonds is 0. The van der Waals surface area contributed by atoms with Crippen LogP contribution in [-0.2, 0) is 0 Å². The van der Waals surface area contributed by atoms with Crippen molar-refractivity contribution >= 4 is 0 Å². The molecule has 0 spiro atoms. The summed E-state index contributed by atoms with van der Waals surface area (Å²) < 4.78 is 0. The fourth-order valence-corrected chi connectivity index (χ4v) is 2.88. The maximum Gasteiger partial charge on any atom is -0.0239 e. The molecular formula is C15H17-. The molecule has 0 aromatic heterocycles. The summed E-state index contributed by atoms with van der Waals surface area (Å²) in [5.41, 5.74) is 6.51. The topological polar surface area (TPSA) is 0 Å². The first-order valence-corrected chi connectivity index (χ1v) is 6.04. The Morgan fingerprint density at radius 2 is 1.33 bits per heavy atom. The molecule has 0 aromatic rings. The molecule has 0 saturated carbocycles. The van der Waals surface area contributed by atoms with E-state index in [1.807, 2.05) is 0 Å². The number of hydrogen-bond acceptors (Lipinski definition) is 0. The Morgan fingerprint density at radius 1 is 0.800 bits per heavy atom. The lowest BCUT2D eigenvalue weighted by Crippen LogP contribution is -2.01. The number of hydrogen-bond donors (Lipinski definition) is 0. The largest absolute Gasteiger partial charge is 0.320 e. The third-order valence-electron chi connectivity index (χ3n) is 3.63. The van der Waals surface area contributed by atoms with Gasteiger partial charge >= 0.3 is 0 Å². The number of allylic oxidation sites excluding steroid dienone is 8. The van der Waals surface area contributed by atoms with Crippen molar-refractivity contribution in [3.05, 3.63) is 53.0 Å². The molecule has 78 valence electrons. The quantitative estimate of drug-likeness (QED) is 0.508. The molecule has 0 amide bonds. The summed E-state index contributed by atoms with van der Waals surface area (Å²) >= 11 is 0. The van der Waals surface area contributed by atoms with Crippen LogP contribution in [0, 0.1) is 6.42 Å². The molecule has 0 atom stereocenters. The fourth-order valence-electron chi connectivity index (χ4n) is 2.88. The van der Waals surface area contributed by atoms with Crippen molar-refractivity contribution in [3.63, 3.8) is 0 Å². The van der Waals surface area contributed by atoms with Gasteiger partial charge in [-0.2, -0.15) is 12.8 Å². The second-order valence-corrected chi connectivity index (χ2v) is 4.59. The van der Waals surface area contributed by atoms with Crippen LogP contribution in [0.1, 0.15) is 38.5 Å². The maximum atomic E-state index is 2.43. The van der Waals surface area contributed by atoms with E-state index >= 15 is 0 Å². The smallest absolute Gasteiger partial charge is 0.0239 e. The Labute approximate surface area is 92.1 Å². The lowest BCUT2D eigenvalue weighted by molar-refractivity contribution is 0.872. The Balaban J connectivity index is 2.08. The molecule has 0 nitrogen and oxygen atoms in total. The number of fused-ring (bicyclic) bond motifs is 1. The summed E-state index contributed by atoms with van der Waals surface area (Å²) in [4.78, 5) is 0. The van der Waals surface area contributed by atoms with Gasteiger partial charge in [0.2, 0.25) is 0 Å². The van der Waals surface area contributed by atoms with Crippen molar-refractivity contribution < 1.29 is 0 Å². The molecule has 0 aliphatic heterocycles. The minimum absolute atomic E-state index is 1.17. The minimum atomic E-state index is 1.17. The van der Waals surface area contributed by atoms with Gasteiger partial charge in [-0.05, 0) is 36.8 Å². The summed E-state index contributed by atoms with van der Waals surface area (Å²) in [6.45, 7) is 0. The average molecular weight is 197 g/mol. The van der Waals surface area contributed by atoms with Crippen LogP contribution < -0.4 is 0 Å². The SMILES string of the molecule is C1=CC2=C(CC1)C1=C(C=CCC1)C[CH-]C2. The summed E-state index contributed by atoms with van der Waals surface area (Å²) in [6, 6.07) is 0. The van der Waals surface area contributed by atoms with E-state index in [2.05, 4.69) is 30.7 Å². The summed E-state index contributed by atoms with van der Waals surface area (Å²) in [5, 5.41) is 0. The average Bonchev–Trinajstić information content (AvgIpc) is 2.48. The Bertz CT molecular complexity index is 350. The molecular weight excluding hydrogens is 180 g/mol. The fraction of sp³-hybridized carbons (Fsp3) is 0.400. The van der Waals surface area contributed by atoms with Crippen LogP contribution in [0.4, 0.5) is 0 Å². The highest BCUT2D eigenvalue weighted by molar-refractivity contribution is 5.51. The third kappa shape index (κ3) is 1.62. The lowest BCUT2D eigenvalue weighted by atomic mass is 9.85. The lowest BCUT2D eigenvalue weighted by Gasteiger charge is -2.21. The minimum Gasteiger partial charge on any atom is -0.320 e. The zero-order chi connectivity index (χ0) is 10.1. The second kappa shape index (κ2) is 3.84. The van der Waals surface area contributed by atoms with Crippen molar-refractivity contribution in [3.8, 4) is 0 Å². The van der Waals surface area contributed by atoms with E-state index in [9.17, 15) is 0 Å². The van der Waals surface area contributed by atoms with Gasteiger partial charge in [-0.3, -0.25) is 0 Å². The molecule has 0 heterocycles. The monoisotopic (exact) mass is 197 g/mol. The van der Waals surface area contributed by atoms with Gasteiger partial charge < -0.3 is 6.42 Å². The predicted molar refractivity (Wildman–Crippen MR) is 64.3 cm³/mol. The first kappa shape index (κ1) is 9.21. The van der Waals surface area contributed by atoms with Crippen LogP contribution >= 0.6 is 0 Å². The Morgan fingerprint density at radius 3 is 1.87 bits per heavy atom. The standard InChI is InChI=1S/C15H17/c1-3-10-14-12(6-1)8-5-9-13-7-2-4-11-15(13)14/h1-2,5-7H,3-4,8-11H2/q-1. The van der Waals surface area contributed by atoms with E-state index in [-0.39, 0.29) is 0 Å². The molecule has 3 aliphatic rings. The van der Waals surface area contributed by atoms with Crippen LogP contribution in [0.15, 0.2) is 46.6 Å². The van der Waals surface area contributed by atoms with Gasteiger partial charge in [0.25, 0.3) is 0 Å². The van der Waals surface area contributed by atoms with Gasteiger partial charge in [0.1, 0.15) is 0 Å². The van der Waals surface area contributed by atoms with Crippen LogP contribution in [0.3, 0.4) is 0 Å². The van der Waals surface area contributed by atoms with E-state index in [0.29, 0.717) is 0 Å². The van der Waals surface area contributed by atoms with Crippen molar-refractivity contribution in [2.75, 3.05) is 0 Å². The second-order valence-electron chi connectivity index (χ2n) is 4.59. The van der Waals surface area contributed by atoms with Crippen molar-refractivity contribution in [1.29, 1.82) is 0 Å². The van der Waals surface area contributed by atoms with Crippen LogP contribution in [0.5, 0.6) is 0 Å². The molecule has 0 N–H and O–H groups in total. The molecule has 3 aliphatic carbocycles. The Kier molecular flexibility index (Phi) is 2.36. The van der Waals surface area contributed by atoms with Gasteiger partial charge in [0.15, 0.2) is 0 Å². The zero-order valence-electron chi connectivity index (χ0n) is 9.13. The highest BCUT2D eigenvalue weighted by atomic mass is 14.2. The Hall–Kier alpha value is -1.04. The summed E-state index contributed by atoms with van der Waals surface area (Å²) in [5.74, 6) is 0. The van der Waals surface area contributed by atoms with Gasteiger partial charge in [-0.25, -0.2) is 0 Å². The van der Waals surface area contributed by atoms with E-state index in [1.54, 1.807) is 22.3 Å². The molecule has 15 heavy (non-hydrogen) atoms. The highest BCUT2D eigenvalue weighted by Crippen LogP contribution is 2.38. The van der Waals surface area contributed by atoms with E-state index in [4.69, 9.17) is 0 Å². The predicted octanol–water partition coefficient (Wildman–Crippen LogP) is 4.28. The van der Waals surface area contributed by atoms with Gasteiger partial charge in [-0.15, -0.1) is 0 Å². The van der Waals surface area contributed by atoms with E-state index in [1.165, 1.54) is 38.5 Å². The maximum absolute atomic E-state index is 2.43. The first-order valence-electron chi connectivity index (χ1n) is 6.04.